The van der Waals surface area contributed by atoms with E-state index in [-0.39, 0.29) is 30.4 Å². The van der Waals surface area contributed by atoms with E-state index in [0.29, 0.717) is 95.4 Å². The summed E-state index contributed by atoms with van der Waals surface area (Å²) >= 11 is 6.13. The molecule has 2 atom stereocenters. The molecular formula is C32H33ClF2N6O5. The largest absolute Gasteiger partial charge is 0.490 e. The zero-order valence-corrected chi connectivity index (χ0v) is 25.7. The van der Waals surface area contributed by atoms with Crippen molar-refractivity contribution in [2.75, 3.05) is 46.0 Å². The van der Waals surface area contributed by atoms with Crippen LogP contribution in [0.5, 0.6) is 5.75 Å². The van der Waals surface area contributed by atoms with Gasteiger partial charge in [0.2, 0.25) is 0 Å². The first-order valence-corrected chi connectivity index (χ1v) is 15.7. The molecule has 0 bridgehead atoms. The van der Waals surface area contributed by atoms with Gasteiger partial charge in [0.15, 0.2) is 0 Å². The van der Waals surface area contributed by atoms with Crippen LogP contribution in [0.15, 0.2) is 53.6 Å². The van der Waals surface area contributed by atoms with Crippen molar-refractivity contribution in [1.82, 2.24) is 29.1 Å². The van der Waals surface area contributed by atoms with Gasteiger partial charge in [-0.1, -0.05) is 23.7 Å². The highest BCUT2D eigenvalue weighted by Gasteiger charge is 2.39. The fraction of sp³-hybridized carbons (Fsp3) is 0.438. The van der Waals surface area contributed by atoms with Crippen molar-refractivity contribution in [2.45, 2.75) is 44.5 Å². The van der Waals surface area contributed by atoms with Gasteiger partial charge < -0.3 is 19.1 Å². The van der Waals surface area contributed by atoms with Gasteiger partial charge in [0.1, 0.15) is 24.3 Å². The first-order valence-electron chi connectivity index (χ1n) is 15.4. The average molecular weight is 655 g/mol. The molecule has 3 aliphatic heterocycles. The van der Waals surface area contributed by atoms with Crippen LogP contribution in [0, 0.1) is 0 Å². The van der Waals surface area contributed by atoms with E-state index in [1.165, 1.54) is 12.4 Å². The number of carbonyl (C=O) groups excluding carboxylic acids is 1. The average Bonchev–Trinajstić information content (AvgIpc) is 3.70. The van der Waals surface area contributed by atoms with Crippen molar-refractivity contribution in [2.24, 2.45) is 0 Å². The molecule has 3 fully saturated rings. The monoisotopic (exact) mass is 654 g/mol. The van der Waals surface area contributed by atoms with E-state index < -0.39 is 6.55 Å². The summed E-state index contributed by atoms with van der Waals surface area (Å²) in [5.41, 5.74) is 2.01. The lowest BCUT2D eigenvalue weighted by Gasteiger charge is -2.33. The zero-order chi connectivity index (χ0) is 31.8. The van der Waals surface area contributed by atoms with Crippen LogP contribution in [0.2, 0.25) is 5.02 Å². The Labute approximate surface area is 268 Å². The third-order valence-corrected chi connectivity index (χ3v) is 9.10. The number of carbonyl (C=O) groups is 1. The molecule has 2 aromatic heterocycles. The standard InChI is InChI=1S/C32H33ClF2N6O5/c33-22-3-1-20(2-4-22)17-40-29(6-7-38-9-11-44-12-10-38)37-27-14-25(21-16-36-41(18-21)31(34)35)28(15-26(27)30(40)42)46-24-5-8-39-23(13-24)19-45-32(39)43/h1-4,14-16,18,23-24,31H,5-13,17,19H2/t23-,24-/m0/s1. The lowest BCUT2D eigenvalue weighted by Crippen LogP contribution is -2.44. The fourth-order valence-corrected chi connectivity index (χ4v) is 6.49. The number of hydrogen-bond acceptors (Lipinski definition) is 8. The SMILES string of the molecule is O=C1OC[C@@H]2C[C@@H](Oc3cc4c(=O)n(Cc5ccc(Cl)cc5)c(CCN5CCOCC5)nc4cc3-c3cnn(C(F)F)c3)CCN12. The number of fused-ring (bicyclic) bond motifs is 2. The number of rotatable bonds is 9. The highest BCUT2D eigenvalue weighted by molar-refractivity contribution is 6.30. The van der Waals surface area contributed by atoms with Gasteiger partial charge in [-0.3, -0.25) is 14.3 Å². The summed E-state index contributed by atoms with van der Waals surface area (Å²) in [7, 11) is 0. The zero-order valence-electron chi connectivity index (χ0n) is 25.0. The Hall–Kier alpha value is -4.07. The summed E-state index contributed by atoms with van der Waals surface area (Å²) in [4.78, 5) is 35.3. The molecule has 46 heavy (non-hydrogen) atoms. The number of halogens is 3. The third kappa shape index (κ3) is 6.31. The van der Waals surface area contributed by atoms with Crippen LogP contribution in [0.3, 0.4) is 0 Å². The van der Waals surface area contributed by atoms with Gasteiger partial charge >= 0.3 is 12.6 Å². The summed E-state index contributed by atoms with van der Waals surface area (Å²) in [6, 6.07) is 10.6. The quantitative estimate of drug-likeness (QED) is 0.258. The minimum atomic E-state index is -2.81. The Bertz CT molecular complexity index is 1790. The predicted molar refractivity (Wildman–Crippen MR) is 165 cm³/mol. The molecule has 0 radical (unpaired) electrons. The molecule has 4 aromatic rings. The number of nitrogens with zero attached hydrogens (tertiary/aromatic N) is 6. The van der Waals surface area contributed by atoms with Crippen molar-refractivity contribution < 1.29 is 27.8 Å². The molecule has 2 aromatic carbocycles. The molecule has 0 spiro atoms. The Balaban J connectivity index is 1.30. The van der Waals surface area contributed by atoms with Gasteiger partial charge in [-0.05, 0) is 29.8 Å². The van der Waals surface area contributed by atoms with E-state index >= 15 is 0 Å². The Morgan fingerprint density at radius 2 is 1.89 bits per heavy atom. The molecule has 0 saturated carbocycles. The van der Waals surface area contributed by atoms with Crippen molar-refractivity contribution >= 4 is 28.6 Å². The lowest BCUT2D eigenvalue weighted by atomic mass is 10.0. The second-order valence-electron chi connectivity index (χ2n) is 11.8. The molecule has 7 rings (SSSR count). The van der Waals surface area contributed by atoms with Crippen molar-refractivity contribution in [3.8, 4) is 16.9 Å². The molecule has 0 aliphatic carbocycles. The van der Waals surface area contributed by atoms with Crippen LogP contribution >= 0.6 is 11.6 Å². The number of aromatic nitrogens is 4. The molecule has 0 N–H and O–H groups in total. The van der Waals surface area contributed by atoms with E-state index in [1.54, 1.807) is 33.7 Å². The number of morpholine rings is 1. The second-order valence-corrected chi connectivity index (χ2v) is 12.2. The molecule has 11 nitrogen and oxygen atoms in total. The van der Waals surface area contributed by atoms with E-state index in [0.717, 1.165) is 18.7 Å². The third-order valence-electron chi connectivity index (χ3n) is 8.85. The number of piperidine rings is 1. The van der Waals surface area contributed by atoms with Crippen LogP contribution in [0.25, 0.3) is 22.0 Å². The van der Waals surface area contributed by atoms with Gasteiger partial charge in [-0.25, -0.2) is 14.5 Å². The molecule has 0 unspecified atom stereocenters. The van der Waals surface area contributed by atoms with Crippen molar-refractivity contribution in [1.29, 1.82) is 0 Å². The first-order chi connectivity index (χ1) is 22.3. The Morgan fingerprint density at radius 3 is 2.65 bits per heavy atom. The number of ether oxygens (including phenoxy) is 3. The Kier molecular flexibility index (Phi) is 8.62. The van der Waals surface area contributed by atoms with Crippen molar-refractivity contribution in [3.05, 3.63) is 75.6 Å². The van der Waals surface area contributed by atoms with E-state index in [1.807, 2.05) is 12.1 Å². The molecule has 3 aliphatic rings. The summed E-state index contributed by atoms with van der Waals surface area (Å²) in [6.07, 6.45) is 3.62. The van der Waals surface area contributed by atoms with Gasteiger partial charge in [0.05, 0.1) is 42.9 Å². The summed E-state index contributed by atoms with van der Waals surface area (Å²) in [5.74, 6) is 0.975. The van der Waals surface area contributed by atoms with Crippen LogP contribution in [0.4, 0.5) is 13.6 Å². The number of alkyl halides is 2. The molecule has 5 heterocycles. The summed E-state index contributed by atoms with van der Waals surface area (Å²) in [6.45, 7) is 1.86. The van der Waals surface area contributed by atoms with Gasteiger partial charge in [-0.15, -0.1) is 0 Å². The fourth-order valence-electron chi connectivity index (χ4n) is 6.36. The summed E-state index contributed by atoms with van der Waals surface area (Å²) < 4.78 is 46.5. The van der Waals surface area contributed by atoms with E-state index in [4.69, 9.17) is 30.8 Å². The maximum absolute atomic E-state index is 14.3. The summed E-state index contributed by atoms with van der Waals surface area (Å²) in [5, 5.41) is 4.78. The minimum absolute atomic E-state index is 0.107. The molecule has 14 heteroatoms. The van der Waals surface area contributed by atoms with Crippen LogP contribution in [-0.4, -0.2) is 93.4 Å². The number of hydrogen-bond donors (Lipinski definition) is 0. The van der Waals surface area contributed by atoms with Crippen LogP contribution in [-0.2, 0) is 22.4 Å². The first kappa shape index (κ1) is 30.6. The topological polar surface area (TPSA) is 104 Å². The predicted octanol–water partition coefficient (Wildman–Crippen LogP) is 4.59. The van der Waals surface area contributed by atoms with Gasteiger partial charge in [0.25, 0.3) is 5.56 Å². The minimum Gasteiger partial charge on any atom is -0.490 e. The maximum atomic E-state index is 14.3. The van der Waals surface area contributed by atoms with Crippen molar-refractivity contribution in [3.63, 3.8) is 0 Å². The maximum Gasteiger partial charge on any atom is 0.410 e. The Morgan fingerprint density at radius 1 is 1.09 bits per heavy atom. The van der Waals surface area contributed by atoms with Gasteiger partial charge in [-0.2, -0.15) is 13.9 Å². The van der Waals surface area contributed by atoms with Gasteiger partial charge in [0, 0.05) is 67.8 Å². The lowest BCUT2D eigenvalue weighted by molar-refractivity contribution is 0.0381. The van der Waals surface area contributed by atoms with E-state index in [2.05, 4.69) is 10.00 Å². The highest BCUT2D eigenvalue weighted by Crippen LogP contribution is 2.36. The number of amides is 1. The number of cyclic esters (lactones) is 1. The normalized spacial score (nSPS) is 20.3. The van der Waals surface area contributed by atoms with Crippen LogP contribution in [0.1, 0.15) is 30.8 Å². The molecule has 3 saturated heterocycles. The van der Waals surface area contributed by atoms with E-state index in [9.17, 15) is 18.4 Å². The molecule has 1 amide bonds. The van der Waals surface area contributed by atoms with Crippen LogP contribution < -0.4 is 10.3 Å². The smallest absolute Gasteiger partial charge is 0.410 e. The molecule has 242 valence electrons. The highest BCUT2D eigenvalue weighted by atomic mass is 35.5. The second kappa shape index (κ2) is 13.0. The molecular weight excluding hydrogens is 622 g/mol. The number of benzene rings is 2.